The first-order valence-electron chi connectivity index (χ1n) is 4.86. The molecule has 1 fully saturated rings. The van der Waals surface area contributed by atoms with E-state index in [1.54, 1.807) is 13.8 Å². The van der Waals surface area contributed by atoms with Crippen LogP contribution in [0.2, 0.25) is 0 Å². The molecule has 0 unspecified atom stereocenters. The van der Waals surface area contributed by atoms with Crippen LogP contribution in [0.1, 0.15) is 20.3 Å². The van der Waals surface area contributed by atoms with Crippen LogP contribution in [0.15, 0.2) is 0 Å². The number of nitrogens with zero attached hydrogens (tertiary/aromatic N) is 1. The molecular formula is C9H15N3O3S. The molecule has 1 aliphatic rings. The Balaban J connectivity index is 2.74. The largest absolute Gasteiger partial charge is 0.294 e. The van der Waals surface area contributed by atoms with E-state index in [0.29, 0.717) is 12.2 Å². The van der Waals surface area contributed by atoms with Crippen LogP contribution in [0.3, 0.4) is 0 Å². The lowest BCUT2D eigenvalue weighted by molar-refractivity contribution is -0.133. The van der Waals surface area contributed by atoms with Crippen molar-refractivity contribution in [2.75, 3.05) is 12.3 Å². The third-order valence-electron chi connectivity index (χ3n) is 2.36. The quantitative estimate of drug-likeness (QED) is 0.417. The minimum Gasteiger partial charge on any atom is -0.294 e. The van der Waals surface area contributed by atoms with Crippen molar-refractivity contribution >= 4 is 28.8 Å². The second-order valence-corrected chi connectivity index (χ2v) is 5.25. The van der Waals surface area contributed by atoms with E-state index in [9.17, 15) is 14.4 Å². The van der Waals surface area contributed by atoms with Crippen molar-refractivity contribution in [1.82, 2.24) is 10.3 Å². The maximum absolute atomic E-state index is 11.5. The zero-order valence-corrected chi connectivity index (χ0v) is 10.1. The van der Waals surface area contributed by atoms with E-state index in [1.165, 1.54) is 0 Å². The van der Waals surface area contributed by atoms with Gasteiger partial charge in [-0.25, -0.2) is 5.84 Å². The Hall–Kier alpha value is -1.08. The molecule has 1 saturated heterocycles. The molecule has 7 heteroatoms. The van der Waals surface area contributed by atoms with Crippen molar-refractivity contribution in [1.29, 1.82) is 0 Å². The predicted molar refractivity (Wildman–Crippen MR) is 60.3 cm³/mol. The van der Waals surface area contributed by atoms with E-state index in [-0.39, 0.29) is 17.7 Å². The number of nitrogens with two attached hydrogens (primary N) is 1. The van der Waals surface area contributed by atoms with Crippen molar-refractivity contribution in [3.05, 3.63) is 0 Å². The number of nitrogens with one attached hydrogen (secondary N) is 1. The van der Waals surface area contributed by atoms with E-state index in [1.807, 2.05) is 5.43 Å². The molecule has 0 aromatic heterocycles. The van der Waals surface area contributed by atoms with Crippen LogP contribution in [0.5, 0.6) is 0 Å². The van der Waals surface area contributed by atoms with Crippen molar-refractivity contribution in [3.8, 4) is 0 Å². The molecule has 0 aliphatic carbocycles. The Kier molecular flexibility index (Phi) is 3.93. The maximum atomic E-state index is 11.5. The van der Waals surface area contributed by atoms with Gasteiger partial charge in [0.25, 0.3) is 5.24 Å². The molecule has 0 bridgehead atoms. The summed E-state index contributed by atoms with van der Waals surface area (Å²) in [5, 5.41) is -0.297. The Morgan fingerprint density at radius 1 is 1.56 bits per heavy atom. The molecule has 3 N–H and O–H groups in total. The Morgan fingerprint density at radius 2 is 2.19 bits per heavy atom. The van der Waals surface area contributed by atoms with Crippen molar-refractivity contribution in [2.45, 2.75) is 20.3 Å². The molecule has 0 spiro atoms. The second kappa shape index (κ2) is 4.84. The summed E-state index contributed by atoms with van der Waals surface area (Å²) < 4.78 is 0. The van der Waals surface area contributed by atoms with Crippen molar-refractivity contribution in [3.63, 3.8) is 0 Å². The minimum atomic E-state index is -0.877. The van der Waals surface area contributed by atoms with Gasteiger partial charge >= 0.3 is 0 Å². The number of hydrogen-bond acceptors (Lipinski definition) is 5. The van der Waals surface area contributed by atoms with E-state index in [2.05, 4.69) is 0 Å². The average Bonchev–Trinajstić information content (AvgIpc) is 2.22. The zero-order chi connectivity index (χ0) is 12.3. The molecule has 1 rings (SSSR count). The highest BCUT2D eigenvalue weighted by Crippen LogP contribution is 2.24. The third-order valence-corrected chi connectivity index (χ3v) is 3.24. The molecule has 1 heterocycles. The molecular weight excluding hydrogens is 230 g/mol. The molecule has 90 valence electrons. The van der Waals surface area contributed by atoms with Gasteiger partial charge in [-0.3, -0.25) is 24.7 Å². The molecule has 0 aromatic carbocycles. The first kappa shape index (κ1) is 13.0. The summed E-state index contributed by atoms with van der Waals surface area (Å²) in [6.07, 6.45) is 0.330. The smallest absolute Gasteiger partial charge is 0.288 e. The fourth-order valence-electron chi connectivity index (χ4n) is 1.36. The Morgan fingerprint density at radius 3 is 2.69 bits per heavy atom. The first-order chi connectivity index (χ1) is 7.38. The Labute approximate surface area is 97.9 Å². The van der Waals surface area contributed by atoms with Gasteiger partial charge in [0.15, 0.2) is 0 Å². The second-order valence-electron chi connectivity index (χ2n) is 4.20. The summed E-state index contributed by atoms with van der Waals surface area (Å²) in [4.78, 5) is 35.6. The highest BCUT2D eigenvalue weighted by Gasteiger charge is 2.36. The van der Waals surface area contributed by atoms with Gasteiger partial charge in [0.05, 0.1) is 5.41 Å². The standard InChI is InChI=1S/C9H15N3O3S/c1-9(2,7(14)11-10)5-12-6(13)3-4-16-8(12)15/h3-5,10H2,1-2H3,(H,11,14). The number of imide groups is 1. The van der Waals surface area contributed by atoms with Gasteiger partial charge < -0.3 is 0 Å². The van der Waals surface area contributed by atoms with Crippen LogP contribution in [-0.4, -0.2) is 34.3 Å². The zero-order valence-electron chi connectivity index (χ0n) is 9.28. The lowest BCUT2D eigenvalue weighted by Gasteiger charge is -2.31. The normalized spacial score (nSPS) is 17.6. The van der Waals surface area contributed by atoms with E-state index in [4.69, 9.17) is 5.84 Å². The highest BCUT2D eigenvalue weighted by atomic mass is 32.2. The molecule has 6 nitrogen and oxygen atoms in total. The monoisotopic (exact) mass is 245 g/mol. The number of hydrogen-bond donors (Lipinski definition) is 2. The van der Waals surface area contributed by atoms with Gasteiger partial charge in [0.1, 0.15) is 0 Å². The van der Waals surface area contributed by atoms with Crippen LogP contribution in [0, 0.1) is 5.41 Å². The highest BCUT2D eigenvalue weighted by molar-refractivity contribution is 8.13. The van der Waals surface area contributed by atoms with Gasteiger partial charge in [-0.15, -0.1) is 0 Å². The number of rotatable bonds is 3. The summed E-state index contributed by atoms with van der Waals surface area (Å²) >= 11 is 1.09. The fourth-order valence-corrected chi connectivity index (χ4v) is 2.13. The molecule has 0 aromatic rings. The SMILES string of the molecule is CC(C)(CN1C(=O)CCSC1=O)C(=O)NN. The van der Waals surface area contributed by atoms with Crippen LogP contribution in [0.25, 0.3) is 0 Å². The van der Waals surface area contributed by atoms with Crippen molar-refractivity contribution < 1.29 is 14.4 Å². The van der Waals surface area contributed by atoms with Crippen molar-refractivity contribution in [2.24, 2.45) is 11.3 Å². The summed E-state index contributed by atoms with van der Waals surface area (Å²) in [6.45, 7) is 3.32. The topological polar surface area (TPSA) is 92.5 Å². The van der Waals surface area contributed by atoms with Crippen LogP contribution in [0.4, 0.5) is 4.79 Å². The summed E-state index contributed by atoms with van der Waals surface area (Å²) in [5.41, 5.74) is 1.15. The molecule has 0 atom stereocenters. The molecule has 1 aliphatic heterocycles. The number of hydrazine groups is 1. The number of carbonyl (C=O) groups is 3. The molecule has 0 saturated carbocycles. The van der Waals surface area contributed by atoms with E-state index >= 15 is 0 Å². The van der Waals surface area contributed by atoms with Crippen LogP contribution in [-0.2, 0) is 9.59 Å². The van der Waals surface area contributed by atoms with Gasteiger partial charge in [0, 0.05) is 18.7 Å². The van der Waals surface area contributed by atoms with Crippen LogP contribution >= 0.6 is 11.8 Å². The maximum Gasteiger partial charge on any atom is 0.288 e. The van der Waals surface area contributed by atoms with Gasteiger partial charge in [-0.05, 0) is 13.8 Å². The summed E-state index contributed by atoms with van der Waals surface area (Å²) in [7, 11) is 0. The lowest BCUT2D eigenvalue weighted by atomic mass is 9.92. The fraction of sp³-hybridized carbons (Fsp3) is 0.667. The van der Waals surface area contributed by atoms with Gasteiger partial charge in [0.2, 0.25) is 11.8 Å². The van der Waals surface area contributed by atoms with Crippen LogP contribution < -0.4 is 11.3 Å². The molecule has 0 radical (unpaired) electrons. The molecule has 16 heavy (non-hydrogen) atoms. The summed E-state index contributed by atoms with van der Waals surface area (Å²) in [6, 6.07) is 0. The van der Waals surface area contributed by atoms with E-state index < -0.39 is 11.3 Å². The number of thioether (sulfide) groups is 1. The number of carbonyl (C=O) groups excluding carboxylic acids is 3. The summed E-state index contributed by atoms with van der Waals surface area (Å²) in [5.74, 6) is 4.92. The van der Waals surface area contributed by atoms with E-state index in [0.717, 1.165) is 16.7 Å². The lowest BCUT2D eigenvalue weighted by Crippen LogP contribution is -2.50. The minimum absolute atomic E-state index is 0.0562. The Bertz CT molecular complexity index is 314. The number of amides is 3. The van der Waals surface area contributed by atoms with Gasteiger partial charge in [-0.1, -0.05) is 11.8 Å². The third kappa shape index (κ3) is 2.73. The van der Waals surface area contributed by atoms with Gasteiger partial charge in [-0.2, -0.15) is 0 Å². The average molecular weight is 245 g/mol. The first-order valence-corrected chi connectivity index (χ1v) is 5.85. The molecule has 3 amide bonds. The predicted octanol–water partition coefficient (Wildman–Crippen LogP) is 0.0880.